The molecule has 8 amide bonds. The number of benzene rings is 7. The number of carbonyl (C=O) groups is 9. The maximum absolute atomic E-state index is 17.0. The molecular weight excluding hydrogens is 1780 g/mol. The van der Waals surface area contributed by atoms with Gasteiger partial charge in [-0.05, 0) is 125 Å². The summed E-state index contributed by atoms with van der Waals surface area (Å²) in [7, 11) is 0. The van der Waals surface area contributed by atoms with E-state index in [1.165, 1.54) is 30.3 Å². The summed E-state index contributed by atoms with van der Waals surface area (Å²) in [6.07, 6.45) is -25.9. The Morgan fingerprint density at radius 2 is 1.05 bits per heavy atom. The fraction of sp³-hybridized carbons (Fsp3) is 0.420. The number of hydrogen-bond donors (Lipinski definition) is 24. The molecule has 42 nitrogen and oxygen atoms in total. The first-order chi connectivity index (χ1) is 62.9. The Morgan fingerprint density at radius 3 is 1.68 bits per heavy atom. The quantitative estimate of drug-likeness (QED) is 0.0503. The first-order valence-corrected chi connectivity index (χ1v) is 42.7. The van der Waals surface area contributed by atoms with Crippen LogP contribution in [0.1, 0.15) is 135 Å². The standard InChI is InChI=1S/C88H97Cl2N9O33/c1-33(2)8-6-4-5-7-9-60(108)94-68-74(113)71(110)58(31-101)129-87(68)132-78-55-25-40-26-56(78)126-52-17-13-38(23-47(52)90)77(131-86-67(92-34(3)103)73(112)70(109)57(30-100)128-86)69-84(121)98-66(85(122)123)45-28-42(105)29-54(127-88-76(115)75(114)72(111)59(32-102)130-88)61(45)44-22-37(12-14-49(44)106)63(81(118)99-69)96-83(120)65(40)97-82(119)64-39-20-41(104)27-43(21-39)124-53-24-36(11-15-50(53)107)62(91)80(117)93-48(79(116)95-64)19-35-10-16-51(125-55)46(89)18-35/h10-18,20-29,33,48,57-59,62-77,86-88,100-102,104-107,109-115H,4-9,19,30-32,91H2,1-3H3,(H,92,103)(H,93,117)(H,94,108)(H,95,116)(H,96,120)(H,97,119)(H,98,121)(H,99,118)(H,122,123)/t48-,57-,58-,59-,62+,63-,64+,65-,66-,67-,68-,69+,70-,71-,72-,73-,74-,75+,76+,77?,86+,87+,88+/m1/s1. The zero-order chi connectivity index (χ0) is 94.9. The molecule has 25 N–H and O–H groups in total. The third-order valence-electron chi connectivity index (χ3n) is 23.4. The lowest BCUT2D eigenvalue weighted by atomic mass is 9.89. The van der Waals surface area contributed by atoms with Gasteiger partial charge in [0.05, 0.1) is 29.9 Å². The molecular formula is C88H97Cl2N9O33. The van der Waals surface area contributed by atoms with Gasteiger partial charge >= 0.3 is 5.97 Å². The average molecular weight is 1880 g/mol. The van der Waals surface area contributed by atoms with Crippen molar-refractivity contribution in [2.45, 2.75) is 206 Å². The smallest absolute Gasteiger partial charge is 0.330 e. The lowest BCUT2D eigenvalue weighted by Crippen LogP contribution is -2.65. The molecule has 3 fully saturated rings. The van der Waals surface area contributed by atoms with Gasteiger partial charge in [0.25, 0.3) is 0 Å². The zero-order valence-corrected chi connectivity index (χ0v) is 71.8. The van der Waals surface area contributed by atoms with Crippen LogP contribution in [0.3, 0.4) is 0 Å². The molecule has 9 heterocycles. The SMILES string of the molecule is CC(=O)N[C@H]1[C@H](OC2c3ccc(c(Cl)c3)Oc3cc4cc(c3O[C@@H]3O[C@H](CO)[C@@H](O)[C@H](O)[C@H]3NC(=O)CCCCCCC(C)C)Oc3ccc(cc3Cl)C[C@H]3NC(=O)[C@@H](N)c5ccc(O)c(c5)Oc5cc(O)cc(c5)[C@H](NC3=O)C(=O)N[C@H]4C(=O)N[C@H]3C(=O)N[C@@H]2C(=O)N[C@@H](C(=O)O)c2cc(O)cc(O[C@H]4O[C@H](CO)[C@@H](O)[C@H](O)[C@@H]4O)c2-c2cc3ccc2O)O[C@H](CO)[C@@H](O)[C@@H]1O. The number of carboxylic acid groups (broad SMARTS) is 1. The summed E-state index contributed by atoms with van der Waals surface area (Å²) in [5.74, 6) is -19.2. The number of nitrogens with one attached hydrogen (secondary N) is 8. The van der Waals surface area contributed by atoms with E-state index in [1.54, 1.807) is 0 Å². The van der Waals surface area contributed by atoms with Crippen molar-refractivity contribution in [1.29, 1.82) is 0 Å². The molecule has 16 rings (SSSR count). The lowest BCUT2D eigenvalue weighted by Gasteiger charge is -2.44. The lowest BCUT2D eigenvalue weighted by molar-refractivity contribution is -0.284. The number of fused-ring (bicyclic) bond motifs is 14. The molecule has 17 bridgehead atoms. The summed E-state index contributed by atoms with van der Waals surface area (Å²) in [5.41, 5.74) is 2.79. The molecule has 0 spiro atoms. The van der Waals surface area contributed by atoms with Crippen molar-refractivity contribution in [2.75, 3.05) is 19.8 Å². The van der Waals surface area contributed by atoms with Crippen LogP contribution in [-0.4, -0.2) is 254 Å². The topological polar surface area (TPSA) is 662 Å². The highest BCUT2D eigenvalue weighted by Crippen LogP contribution is 2.51. The number of phenols is 4. The van der Waals surface area contributed by atoms with E-state index in [0.717, 1.165) is 111 Å². The molecule has 0 saturated carbocycles. The second-order valence-electron chi connectivity index (χ2n) is 33.2. The van der Waals surface area contributed by atoms with E-state index < -0.39 is 316 Å². The van der Waals surface area contributed by atoms with Crippen molar-refractivity contribution < 1.29 is 162 Å². The third-order valence-corrected chi connectivity index (χ3v) is 24.0. The summed E-state index contributed by atoms with van der Waals surface area (Å²) >= 11 is 14.7. The van der Waals surface area contributed by atoms with Crippen molar-refractivity contribution in [2.24, 2.45) is 11.7 Å². The van der Waals surface area contributed by atoms with Gasteiger partial charge in [-0.25, -0.2) is 4.79 Å². The number of carbonyl (C=O) groups excluding carboxylic acids is 8. The Labute approximate surface area is 759 Å². The molecule has 3 saturated heterocycles. The van der Waals surface area contributed by atoms with Crippen LogP contribution < -0.4 is 72.0 Å². The van der Waals surface area contributed by atoms with Crippen molar-refractivity contribution in [3.05, 3.63) is 164 Å². The molecule has 0 aromatic heterocycles. The average Bonchev–Trinajstić information content (AvgIpc) is 0.748. The van der Waals surface area contributed by atoms with Crippen LogP contribution in [-0.2, 0) is 68.5 Å². The number of aliphatic hydroxyl groups excluding tert-OH is 10. The van der Waals surface area contributed by atoms with Crippen molar-refractivity contribution in [3.8, 4) is 80.1 Å². The second-order valence-corrected chi connectivity index (χ2v) is 34.0. The van der Waals surface area contributed by atoms with E-state index in [0.29, 0.717) is 18.8 Å². The van der Waals surface area contributed by atoms with Gasteiger partial charge in [-0.3, -0.25) is 38.4 Å². The number of amides is 8. The summed E-state index contributed by atoms with van der Waals surface area (Å²) in [5, 5.41) is 190. The van der Waals surface area contributed by atoms with E-state index in [4.69, 9.17) is 71.6 Å². The number of halogens is 2. The van der Waals surface area contributed by atoms with Crippen LogP contribution in [0.5, 0.6) is 69.0 Å². The number of carboxylic acids is 1. The highest BCUT2D eigenvalue weighted by Gasteiger charge is 2.52. The third kappa shape index (κ3) is 20.7. The van der Waals surface area contributed by atoms with Crippen molar-refractivity contribution in [1.82, 2.24) is 42.5 Å². The van der Waals surface area contributed by atoms with Crippen LogP contribution >= 0.6 is 23.2 Å². The van der Waals surface area contributed by atoms with Gasteiger partial charge < -0.3 is 167 Å². The van der Waals surface area contributed by atoms with E-state index in [-0.39, 0.29) is 39.8 Å². The Bertz CT molecular complexity index is 5560. The van der Waals surface area contributed by atoms with Gasteiger partial charge in [0, 0.05) is 48.6 Å². The van der Waals surface area contributed by atoms with E-state index >= 15 is 24.0 Å². The largest absolute Gasteiger partial charge is 0.508 e. The van der Waals surface area contributed by atoms with Crippen molar-refractivity contribution >= 4 is 76.4 Å². The molecule has 132 heavy (non-hydrogen) atoms. The number of nitrogens with two attached hydrogens (primary N) is 1. The summed E-state index contributed by atoms with van der Waals surface area (Å²) in [4.78, 5) is 138. The number of hydrogen-bond acceptors (Lipinski definition) is 33. The van der Waals surface area contributed by atoms with Crippen LogP contribution in [0.2, 0.25) is 10.0 Å². The monoisotopic (exact) mass is 1880 g/mol. The first kappa shape index (κ1) is 96.0. The number of aliphatic hydroxyl groups is 10. The predicted molar refractivity (Wildman–Crippen MR) is 453 cm³/mol. The number of ether oxygens (including phenoxy) is 9. The molecule has 1 unspecified atom stereocenters. The first-order valence-electron chi connectivity index (χ1n) is 42.0. The molecule has 23 atom stereocenters. The van der Waals surface area contributed by atoms with Crippen LogP contribution in [0, 0.1) is 5.92 Å². The Kier molecular flexibility index (Phi) is 29.5. The van der Waals surface area contributed by atoms with Gasteiger partial charge in [-0.2, -0.15) is 0 Å². The molecule has 9 aliphatic heterocycles. The minimum absolute atomic E-state index is 0.0267. The molecule has 9 aliphatic rings. The summed E-state index contributed by atoms with van der Waals surface area (Å²) in [6, 6.07) is 0.658. The van der Waals surface area contributed by atoms with Gasteiger partial charge in [-0.15, -0.1) is 0 Å². The molecule has 0 radical (unpaired) electrons. The van der Waals surface area contributed by atoms with Gasteiger partial charge in [0.1, 0.15) is 156 Å². The van der Waals surface area contributed by atoms with Crippen LogP contribution in [0.25, 0.3) is 11.1 Å². The van der Waals surface area contributed by atoms with E-state index in [2.05, 4.69) is 56.4 Å². The molecule has 706 valence electrons. The maximum atomic E-state index is 17.0. The normalized spacial score (nSPS) is 28.9. The highest BCUT2D eigenvalue weighted by molar-refractivity contribution is 6.32. The Hall–Kier alpha value is -12.0. The van der Waals surface area contributed by atoms with Gasteiger partial charge in [0.2, 0.25) is 65.6 Å². The van der Waals surface area contributed by atoms with Gasteiger partial charge in [0.15, 0.2) is 35.3 Å². The van der Waals surface area contributed by atoms with Crippen LogP contribution in [0.4, 0.5) is 0 Å². The number of phenolic OH excluding ortho intramolecular Hbond substituents is 4. The van der Waals surface area contributed by atoms with Crippen molar-refractivity contribution in [3.63, 3.8) is 0 Å². The van der Waals surface area contributed by atoms with Crippen LogP contribution in [0.15, 0.2) is 115 Å². The highest BCUT2D eigenvalue weighted by atomic mass is 35.5. The van der Waals surface area contributed by atoms with Gasteiger partial charge in [-0.1, -0.05) is 87.0 Å². The number of aliphatic carboxylic acids is 1. The predicted octanol–water partition coefficient (Wildman–Crippen LogP) is 1.02. The Morgan fingerprint density at radius 1 is 0.500 bits per heavy atom. The summed E-state index contributed by atoms with van der Waals surface area (Å²) in [6.45, 7) is 1.97. The minimum Gasteiger partial charge on any atom is -0.508 e. The number of rotatable bonds is 19. The fourth-order valence-corrected chi connectivity index (χ4v) is 16.9. The van der Waals surface area contributed by atoms with E-state index in [9.17, 15) is 95.8 Å². The number of aromatic hydroxyl groups is 4. The zero-order valence-electron chi connectivity index (χ0n) is 70.3. The maximum Gasteiger partial charge on any atom is 0.330 e. The minimum atomic E-state index is -2.59. The molecule has 0 aliphatic carbocycles. The molecule has 7 aromatic carbocycles. The molecule has 7 aromatic rings. The second kappa shape index (κ2) is 40.6. The molecule has 44 heteroatoms. The van der Waals surface area contributed by atoms with E-state index in [1.807, 2.05) is 0 Å². The Balaban J connectivity index is 1.04. The number of unbranched alkanes of at least 4 members (excludes halogenated alkanes) is 3. The summed E-state index contributed by atoms with van der Waals surface area (Å²) < 4.78 is 57.5. The fourth-order valence-electron chi connectivity index (χ4n) is 16.5.